The van der Waals surface area contributed by atoms with Crippen molar-refractivity contribution in [1.82, 2.24) is 14.9 Å². The predicted molar refractivity (Wildman–Crippen MR) is 69.4 cm³/mol. The first-order valence-corrected chi connectivity index (χ1v) is 6.31. The van der Waals surface area contributed by atoms with Crippen LogP contribution in [0.3, 0.4) is 0 Å². The van der Waals surface area contributed by atoms with E-state index < -0.39 is 0 Å². The molecule has 0 amide bonds. The minimum Gasteiger partial charge on any atom is -0.465 e. The second-order valence-corrected chi connectivity index (χ2v) is 4.24. The molecule has 1 rings (SSSR count). The van der Waals surface area contributed by atoms with E-state index in [9.17, 15) is 4.79 Å². The lowest BCUT2D eigenvalue weighted by atomic mass is 10.4. The maximum Gasteiger partial charge on any atom is 0.320 e. The Morgan fingerprint density at radius 2 is 2.17 bits per heavy atom. The number of rotatable bonds is 6. The van der Waals surface area contributed by atoms with Gasteiger partial charge in [0.2, 0.25) is 0 Å². The van der Waals surface area contributed by atoms with Crippen molar-refractivity contribution in [2.24, 2.45) is 0 Å². The van der Waals surface area contributed by atoms with Crippen LogP contribution in [0, 0.1) is 6.92 Å². The molecule has 0 unspecified atom stereocenters. The summed E-state index contributed by atoms with van der Waals surface area (Å²) in [6.45, 7) is 7.44. The van der Waals surface area contributed by atoms with Crippen LogP contribution in [0.5, 0.6) is 0 Å². The molecule has 0 aliphatic rings. The second-order valence-electron chi connectivity index (χ2n) is 3.86. The van der Waals surface area contributed by atoms with Crippen molar-refractivity contribution in [3.63, 3.8) is 0 Å². The zero-order valence-electron chi connectivity index (χ0n) is 10.9. The summed E-state index contributed by atoms with van der Waals surface area (Å²) in [6.07, 6.45) is 0. The van der Waals surface area contributed by atoms with Crippen LogP contribution in [-0.4, -0.2) is 40.5 Å². The molecular formula is C12H18ClN3O2. The van der Waals surface area contributed by atoms with Crippen LogP contribution < -0.4 is 0 Å². The summed E-state index contributed by atoms with van der Waals surface area (Å²) in [5.74, 6) is 0.379. The van der Waals surface area contributed by atoms with Gasteiger partial charge in [-0.15, -0.1) is 0 Å². The van der Waals surface area contributed by atoms with Gasteiger partial charge in [0.1, 0.15) is 11.0 Å². The normalized spacial score (nSPS) is 10.7. The quantitative estimate of drug-likeness (QED) is 0.584. The monoisotopic (exact) mass is 271 g/mol. The highest BCUT2D eigenvalue weighted by Gasteiger charge is 2.12. The van der Waals surface area contributed by atoms with E-state index >= 15 is 0 Å². The number of aromatic nitrogens is 2. The number of ether oxygens (including phenoxy) is 1. The van der Waals surface area contributed by atoms with Crippen LogP contribution in [0.15, 0.2) is 6.07 Å². The van der Waals surface area contributed by atoms with Crippen LogP contribution in [0.4, 0.5) is 0 Å². The Morgan fingerprint density at radius 1 is 1.44 bits per heavy atom. The molecule has 1 heterocycles. The maximum absolute atomic E-state index is 11.4. The molecule has 5 nitrogen and oxygen atoms in total. The van der Waals surface area contributed by atoms with Crippen molar-refractivity contribution in [2.45, 2.75) is 27.3 Å². The summed E-state index contributed by atoms with van der Waals surface area (Å²) in [4.78, 5) is 21.7. The molecule has 100 valence electrons. The Hall–Kier alpha value is -1.20. The van der Waals surface area contributed by atoms with Gasteiger partial charge in [-0.2, -0.15) is 0 Å². The first-order valence-electron chi connectivity index (χ1n) is 5.93. The molecule has 0 aliphatic carbocycles. The second kappa shape index (κ2) is 7.28. The summed E-state index contributed by atoms with van der Waals surface area (Å²) in [5, 5.41) is 0.421. The third kappa shape index (κ3) is 4.98. The van der Waals surface area contributed by atoms with Gasteiger partial charge in [0, 0.05) is 5.69 Å². The minimum absolute atomic E-state index is 0.235. The third-order valence-corrected chi connectivity index (χ3v) is 2.53. The molecule has 0 radical (unpaired) electrons. The number of hydrogen-bond donors (Lipinski definition) is 0. The summed E-state index contributed by atoms with van der Waals surface area (Å²) in [5.41, 5.74) is 0.817. The smallest absolute Gasteiger partial charge is 0.320 e. The van der Waals surface area contributed by atoms with E-state index in [1.54, 1.807) is 13.0 Å². The van der Waals surface area contributed by atoms with Crippen LogP contribution in [0.25, 0.3) is 0 Å². The molecule has 6 heteroatoms. The zero-order valence-corrected chi connectivity index (χ0v) is 11.7. The highest BCUT2D eigenvalue weighted by atomic mass is 35.5. The molecule has 0 spiro atoms. The van der Waals surface area contributed by atoms with Gasteiger partial charge < -0.3 is 4.74 Å². The van der Waals surface area contributed by atoms with Crippen LogP contribution in [0.2, 0.25) is 5.15 Å². The lowest BCUT2D eigenvalue weighted by molar-refractivity contribution is -0.144. The van der Waals surface area contributed by atoms with Crippen molar-refractivity contribution >= 4 is 17.6 Å². The largest absolute Gasteiger partial charge is 0.465 e. The first-order chi connectivity index (χ1) is 8.55. The number of esters is 1. The van der Waals surface area contributed by atoms with E-state index in [0.29, 0.717) is 30.7 Å². The molecule has 0 aromatic carbocycles. The summed E-state index contributed by atoms with van der Waals surface area (Å²) in [7, 11) is 0. The molecule has 0 N–H and O–H groups in total. The molecule has 0 saturated carbocycles. The third-order valence-electron chi connectivity index (χ3n) is 2.34. The Labute approximate surface area is 112 Å². The Kier molecular flexibility index (Phi) is 6.01. The number of halogens is 1. The Morgan fingerprint density at radius 3 is 2.72 bits per heavy atom. The molecule has 0 bridgehead atoms. The topological polar surface area (TPSA) is 55.3 Å². The molecule has 1 aromatic heterocycles. The highest BCUT2D eigenvalue weighted by Crippen LogP contribution is 2.08. The van der Waals surface area contributed by atoms with Gasteiger partial charge in [0.25, 0.3) is 0 Å². The fourth-order valence-electron chi connectivity index (χ4n) is 1.53. The average Bonchev–Trinajstić information content (AvgIpc) is 2.27. The van der Waals surface area contributed by atoms with Crippen molar-refractivity contribution in [3.05, 3.63) is 22.7 Å². The molecule has 18 heavy (non-hydrogen) atoms. The average molecular weight is 272 g/mol. The fraction of sp³-hybridized carbons (Fsp3) is 0.583. The maximum atomic E-state index is 11.4. The highest BCUT2D eigenvalue weighted by molar-refractivity contribution is 6.29. The lowest BCUT2D eigenvalue weighted by Crippen LogP contribution is -2.31. The van der Waals surface area contributed by atoms with Gasteiger partial charge >= 0.3 is 5.97 Å². The van der Waals surface area contributed by atoms with E-state index in [0.717, 1.165) is 5.69 Å². The number of hydrogen-bond acceptors (Lipinski definition) is 5. The Bertz CT molecular complexity index is 392. The standard InChI is InChI=1S/C12H18ClN3O2/c1-4-16(8-12(17)18-5-2)7-11-14-9(3)6-10(13)15-11/h6H,4-5,7-8H2,1-3H3. The van der Waals surface area contributed by atoms with E-state index in [2.05, 4.69) is 9.97 Å². The summed E-state index contributed by atoms with van der Waals surface area (Å²) < 4.78 is 4.91. The predicted octanol–water partition coefficient (Wildman–Crippen LogP) is 1.82. The van der Waals surface area contributed by atoms with Crippen molar-refractivity contribution in [2.75, 3.05) is 19.7 Å². The number of likely N-dealkylation sites (N-methyl/N-ethyl adjacent to an activating group) is 1. The molecular weight excluding hydrogens is 254 g/mol. The first kappa shape index (κ1) is 14.9. The van der Waals surface area contributed by atoms with Crippen molar-refractivity contribution in [3.8, 4) is 0 Å². The zero-order chi connectivity index (χ0) is 13.5. The van der Waals surface area contributed by atoms with Crippen molar-refractivity contribution < 1.29 is 9.53 Å². The van der Waals surface area contributed by atoms with E-state index in [4.69, 9.17) is 16.3 Å². The van der Waals surface area contributed by atoms with Gasteiger partial charge in [-0.3, -0.25) is 9.69 Å². The molecule has 0 atom stereocenters. The van der Waals surface area contributed by atoms with Gasteiger partial charge in [-0.05, 0) is 26.5 Å². The number of carbonyl (C=O) groups is 1. The number of nitrogens with zero attached hydrogens (tertiary/aromatic N) is 3. The van der Waals surface area contributed by atoms with Crippen LogP contribution in [0.1, 0.15) is 25.4 Å². The van der Waals surface area contributed by atoms with Gasteiger partial charge in [-0.25, -0.2) is 9.97 Å². The van der Waals surface area contributed by atoms with Gasteiger partial charge in [-0.1, -0.05) is 18.5 Å². The molecule has 0 saturated heterocycles. The lowest BCUT2D eigenvalue weighted by Gasteiger charge is -2.18. The van der Waals surface area contributed by atoms with E-state index in [1.807, 2.05) is 18.7 Å². The number of aryl methyl sites for hydroxylation is 1. The van der Waals surface area contributed by atoms with Crippen LogP contribution in [-0.2, 0) is 16.1 Å². The Balaban J connectivity index is 2.64. The van der Waals surface area contributed by atoms with E-state index in [-0.39, 0.29) is 12.5 Å². The number of carbonyl (C=O) groups excluding carboxylic acids is 1. The SMILES string of the molecule is CCOC(=O)CN(CC)Cc1nc(C)cc(Cl)n1. The molecule has 0 aliphatic heterocycles. The van der Waals surface area contributed by atoms with Gasteiger partial charge in [0.15, 0.2) is 0 Å². The van der Waals surface area contributed by atoms with E-state index in [1.165, 1.54) is 0 Å². The minimum atomic E-state index is -0.238. The summed E-state index contributed by atoms with van der Waals surface area (Å²) >= 11 is 5.87. The van der Waals surface area contributed by atoms with Crippen molar-refractivity contribution in [1.29, 1.82) is 0 Å². The fourth-order valence-corrected chi connectivity index (χ4v) is 1.78. The molecule has 1 aromatic rings. The molecule has 0 fully saturated rings. The van der Waals surface area contributed by atoms with Crippen LogP contribution >= 0.6 is 11.6 Å². The summed E-state index contributed by atoms with van der Waals surface area (Å²) in [6, 6.07) is 1.70. The van der Waals surface area contributed by atoms with Gasteiger partial charge in [0.05, 0.1) is 19.7 Å².